The van der Waals surface area contributed by atoms with E-state index in [9.17, 15) is 13.6 Å². The fourth-order valence-electron chi connectivity index (χ4n) is 1.46. The van der Waals surface area contributed by atoms with Gasteiger partial charge in [0.05, 0.1) is 6.61 Å². The zero-order valence-electron chi connectivity index (χ0n) is 9.84. The number of hydrogen-bond donors (Lipinski definition) is 0. The molecule has 94 valence electrons. The van der Waals surface area contributed by atoms with Gasteiger partial charge in [0.2, 0.25) is 5.82 Å². The van der Waals surface area contributed by atoms with Crippen molar-refractivity contribution in [2.24, 2.45) is 0 Å². The first-order valence-corrected chi connectivity index (χ1v) is 5.74. The first kappa shape index (κ1) is 13.6. The summed E-state index contributed by atoms with van der Waals surface area (Å²) < 4.78 is 32.0. The van der Waals surface area contributed by atoms with Crippen molar-refractivity contribution in [1.29, 1.82) is 0 Å². The summed E-state index contributed by atoms with van der Waals surface area (Å²) in [5.41, 5.74) is 0.0541. The Labute approximate surface area is 99.6 Å². The van der Waals surface area contributed by atoms with E-state index in [2.05, 4.69) is 6.92 Å². The van der Waals surface area contributed by atoms with Crippen molar-refractivity contribution in [2.45, 2.75) is 32.6 Å². The Morgan fingerprint density at radius 2 is 2.00 bits per heavy atom. The summed E-state index contributed by atoms with van der Waals surface area (Å²) in [5.74, 6) is -2.10. The second kappa shape index (κ2) is 6.99. The van der Waals surface area contributed by atoms with Crippen LogP contribution in [-0.4, -0.2) is 12.9 Å². The molecule has 0 atom stereocenters. The minimum absolute atomic E-state index is 0.0541. The summed E-state index contributed by atoms with van der Waals surface area (Å²) in [6.07, 6.45) is 3.26. The molecule has 0 spiro atoms. The van der Waals surface area contributed by atoms with E-state index in [0.29, 0.717) is 12.9 Å². The van der Waals surface area contributed by atoms with Crippen molar-refractivity contribution in [3.63, 3.8) is 0 Å². The van der Waals surface area contributed by atoms with Crippen LogP contribution in [-0.2, 0) is 11.2 Å². The SMILES string of the molecule is CCCCCOc1ccc(CC=O)c(F)c1F. The number of unbranched alkanes of at least 4 members (excludes halogenated alkanes) is 2. The predicted molar refractivity (Wildman–Crippen MR) is 61.1 cm³/mol. The van der Waals surface area contributed by atoms with Crippen molar-refractivity contribution in [3.8, 4) is 5.75 Å². The molecule has 0 radical (unpaired) electrons. The molecule has 0 N–H and O–H groups in total. The maximum absolute atomic E-state index is 13.5. The number of ether oxygens (including phenoxy) is 1. The molecule has 1 aromatic rings. The Morgan fingerprint density at radius 1 is 1.24 bits per heavy atom. The third-order valence-corrected chi connectivity index (χ3v) is 2.44. The van der Waals surface area contributed by atoms with E-state index in [1.807, 2.05) is 0 Å². The van der Waals surface area contributed by atoms with E-state index in [1.54, 1.807) is 0 Å². The van der Waals surface area contributed by atoms with Crippen molar-refractivity contribution >= 4 is 6.29 Å². The van der Waals surface area contributed by atoms with Gasteiger partial charge in [0.25, 0.3) is 0 Å². The van der Waals surface area contributed by atoms with E-state index < -0.39 is 11.6 Å². The Balaban J connectivity index is 2.67. The van der Waals surface area contributed by atoms with Crippen molar-refractivity contribution in [1.82, 2.24) is 0 Å². The maximum atomic E-state index is 13.5. The van der Waals surface area contributed by atoms with Crippen LogP contribution in [0.2, 0.25) is 0 Å². The lowest BCUT2D eigenvalue weighted by Gasteiger charge is -2.08. The summed E-state index contributed by atoms with van der Waals surface area (Å²) in [6, 6.07) is 2.74. The quantitative estimate of drug-likeness (QED) is 0.542. The minimum Gasteiger partial charge on any atom is -0.490 e. The number of hydrogen-bond acceptors (Lipinski definition) is 2. The maximum Gasteiger partial charge on any atom is 0.200 e. The average Bonchev–Trinajstić information content (AvgIpc) is 2.33. The highest BCUT2D eigenvalue weighted by Gasteiger charge is 2.13. The standard InChI is InChI=1S/C13H16F2O2/c1-2-3-4-9-17-11-6-5-10(7-8-16)12(14)13(11)15/h5-6,8H,2-4,7,9H2,1H3. The number of rotatable bonds is 7. The topological polar surface area (TPSA) is 26.3 Å². The minimum atomic E-state index is -1.01. The van der Waals surface area contributed by atoms with Crippen LogP contribution in [0.25, 0.3) is 0 Å². The summed E-state index contributed by atoms with van der Waals surface area (Å²) in [7, 11) is 0. The number of aldehydes is 1. The molecule has 0 saturated heterocycles. The van der Waals surface area contributed by atoms with Crippen LogP contribution in [0.4, 0.5) is 8.78 Å². The molecule has 0 fully saturated rings. The van der Waals surface area contributed by atoms with E-state index in [1.165, 1.54) is 12.1 Å². The molecule has 0 amide bonds. The molecular formula is C13H16F2O2. The first-order valence-electron chi connectivity index (χ1n) is 5.74. The van der Waals surface area contributed by atoms with Gasteiger partial charge < -0.3 is 9.53 Å². The average molecular weight is 242 g/mol. The normalized spacial score (nSPS) is 10.3. The van der Waals surface area contributed by atoms with Gasteiger partial charge in [-0.1, -0.05) is 25.8 Å². The lowest BCUT2D eigenvalue weighted by Crippen LogP contribution is -2.03. The molecule has 1 rings (SSSR count). The molecular weight excluding hydrogens is 226 g/mol. The van der Waals surface area contributed by atoms with Crippen LogP contribution in [0.3, 0.4) is 0 Å². The lowest BCUT2D eigenvalue weighted by atomic mass is 10.1. The fraction of sp³-hybridized carbons (Fsp3) is 0.462. The molecule has 2 nitrogen and oxygen atoms in total. The molecule has 0 aromatic heterocycles. The highest BCUT2D eigenvalue weighted by Crippen LogP contribution is 2.23. The monoisotopic (exact) mass is 242 g/mol. The van der Waals surface area contributed by atoms with Gasteiger partial charge in [-0.25, -0.2) is 4.39 Å². The van der Waals surface area contributed by atoms with Gasteiger partial charge in [-0.3, -0.25) is 0 Å². The molecule has 0 heterocycles. The van der Waals surface area contributed by atoms with Gasteiger partial charge in [-0.2, -0.15) is 4.39 Å². The van der Waals surface area contributed by atoms with Gasteiger partial charge >= 0.3 is 0 Å². The summed E-state index contributed by atoms with van der Waals surface area (Å²) in [5, 5.41) is 0. The highest BCUT2D eigenvalue weighted by atomic mass is 19.2. The highest BCUT2D eigenvalue weighted by molar-refractivity contribution is 5.55. The largest absolute Gasteiger partial charge is 0.490 e. The number of carbonyl (C=O) groups is 1. The van der Waals surface area contributed by atoms with Gasteiger partial charge in [-0.15, -0.1) is 0 Å². The third kappa shape index (κ3) is 3.80. The molecule has 0 saturated carbocycles. The number of carbonyl (C=O) groups excluding carboxylic acids is 1. The first-order chi connectivity index (χ1) is 8.20. The zero-order valence-corrected chi connectivity index (χ0v) is 9.84. The van der Waals surface area contributed by atoms with Crippen LogP contribution in [0.5, 0.6) is 5.75 Å². The second-order valence-electron chi connectivity index (χ2n) is 3.78. The second-order valence-corrected chi connectivity index (χ2v) is 3.78. The Hall–Kier alpha value is -1.45. The van der Waals surface area contributed by atoms with Crippen LogP contribution >= 0.6 is 0 Å². The molecule has 0 aliphatic carbocycles. The van der Waals surface area contributed by atoms with Crippen molar-refractivity contribution in [2.75, 3.05) is 6.61 Å². The Morgan fingerprint density at radius 3 is 2.65 bits per heavy atom. The molecule has 0 aliphatic rings. The predicted octanol–water partition coefficient (Wildman–Crippen LogP) is 3.28. The van der Waals surface area contributed by atoms with Crippen molar-refractivity contribution in [3.05, 3.63) is 29.3 Å². The smallest absolute Gasteiger partial charge is 0.200 e. The summed E-state index contributed by atoms with van der Waals surface area (Å²) >= 11 is 0. The van der Waals surface area contributed by atoms with Gasteiger partial charge in [0.15, 0.2) is 11.6 Å². The van der Waals surface area contributed by atoms with Crippen molar-refractivity contribution < 1.29 is 18.3 Å². The van der Waals surface area contributed by atoms with Gasteiger partial charge in [-0.05, 0) is 18.1 Å². The molecule has 4 heteroatoms. The van der Waals surface area contributed by atoms with Gasteiger partial charge in [0.1, 0.15) is 6.29 Å². The van der Waals surface area contributed by atoms with Gasteiger partial charge in [0, 0.05) is 6.42 Å². The molecule has 17 heavy (non-hydrogen) atoms. The molecule has 0 unspecified atom stereocenters. The van der Waals surface area contributed by atoms with E-state index in [4.69, 9.17) is 4.74 Å². The van der Waals surface area contributed by atoms with E-state index in [-0.39, 0.29) is 17.7 Å². The summed E-state index contributed by atoms with van der Waals surface area (Å²) in [6.45, 7) is 2.42. The summed E-state index contributed by atoms with van der Waals surface area (Å²) in [4.78, 5) is 10.2. The zero-order chi connectivity index (χ0) is 12.7. The molecule has 0 bridgehead atoms. The Bertz CT molecular complexity index is 378. The Kier molecular flexibility index (Phi) is 5.60. The van der Waals surface area contributed by atoms with E-state index >= 15 is 0 Å². The molecule has 1 aromatic carbocycles. The third-order valence-electron chi connectivity index (χ3n) is 2.44. The fourth-order valence-corrected chi connectivity index (χ4v) is 1.46. The van der Waals surface area contributed by atoms with Crippen LogP contribution in [0.1, 0.15) is 31.7 Å². The number of halogens is 2. The van der Waals surface area contributed by atoms with Crippen LogP contribution in [0, 0.1) is 11.6 Å². The number of benzene rings is 1. The van der Waals surface area contributed by atoms with Crippen LogP contribution < -0.4 is 4.74 Å². The van der Waals surface area contributed by atoms with E-state index in [0.717, 1.165) is 19.3 Å². The lowest BCUT2D eigenvalue weighted by molar-refractivity contribution is -0.107. The van der Waals surface area contributed by atoms with Crippen LogP contribution in [0.15, 0.2) is 12.1 Å². The molecule has 0 aliphatic heterocycles.